The monoisotopic (exact) mass is 359 g/mol. The fourth-order valence-corrected chi connectivity index (χ4v) is 3.97. The van der Waals surface area contributed by atoms with Gasteiger partial charge in [-0.15, -0.1) is 6.42 Å². The SMILES string of the molecule is C#CCN1CCCC[C@@H]1C(=O)NC[C@@H]1CCN(c2ccc(Cl)cc2)C1. The molecule has 2 heterocycles. The number of halogens is 1. The summed E-state index contributed by atoms with van der Waals surface area (Å²) >= 11 is 5.96. The summed E-state index contributed by atoms with van der Waals surface area (Å²) in [5, 5.41) is 3.93. The Morgan fingerprint density at radius 2 is 2.04 bits per heavy atom. The third-order valence-electron chi connectivity index (χ3n) is 5.25. The molecule has 134 valence electrons. The van der Waals surface area contributed by atoms with Gasteiger partial charge in [-0.25, -0.2) is 0 Å². The molecule has 0 aliphatic carbocycles. The van der Waals surface area contributed by atoms with Crippen molar-refractivity contribution < 1.29 is 4.79 Å². The van der Waals surface area contributed by atoms with Crippen molar-refractivity contribution in [3.8, 4) is 12.3 Å². The minimum absolute atomic E-state index is 0.0569. The number of likely N-dealkylation sites (tertiary alicyclic amines) is 1. The molecule has 0 aromatic heterocycles. The van der Waals surface area contributed by atoms with Gasteiger partial charge in [0.2, 0.25) is 5.91 Å². The van der Waals surface area contributed by atoms with E-state index in [0.29, 0.717) is 12.5 Å². The maximum absolute atomic E-state index is 12.6. The number of piperidine rings is 1. The van der Waals surface area contributed by atoms with E-state index in [1.807, 2.05) is 12.1 Å². The maximum atomic E-state index is 12.6. The van der Waals surface area contributed by atoms with Gasteiger partial charge in [0.05, 0.1) is 12.6 Å². The van der Waals surface area contributed by atoms with Crippen molar-refractivity contribution in [3.63, 3.8) is 0 Å². The van der Waals surface area contributed by atoms with Crippen molar-refractivity contribution in [2.45, 2.75) is 31.7 Å². The van der Waals surface area contributed by atoms with Gasteiger partial charge in [-0.3, -0.25) is 9.69 Å². The fourth-order valence-electron chi connectivity index (χ4n) is 3.84. The highest BCUT2D eigenvalue weighted by Crippen LogP contribution is 2.25. The van der Waals surface area contributed by atoms with E-state index >= 15 is 0 Å². The van der Waals surface area contributed by atoms with E-state index in [4.69, 9.17) is 18.0 Å². The van der Waals surface area contributed by atoms with Gasteiger partial charge >= 0.3 is 0 Å². The van der Waals surface area contributed by atoms with E-state index in [0.717, 1.165) is 56.9 Å². The van der Waals surface area contributed by atoms with Crippen LogP contribution in [0, 0.1) is 18.3 Å². The van der Waals surface area contributed by atoms with E-state index in [9.17, 15) is 4.79 Å². The van der Waals surface area contributed by atoms with Crippen molar-refractivity contribution in [2.24, 2.45) is 5.92 Å². The van der Waals surface area contributed by atoms with Crippen LogP contribution >= 0.6 is 11.6 Å². The minimum Gasteiger partial charge on any atom is -0.371 e. The number of carbonyl (C=O) groups excluding carboxylic acids is 1. The standard InChI is InChI=1S/C20H26ClN3O/c1-2-11-23-12-4-3-5-19(23)20(25)22-14-16-10-13-24(15-16)18-8-6-17(21)7-9-18/h1,6-9,16,19H,3-5,10-15H2,(H,22,25)/t16-,19+/m0/s1. The molecule has 1 aromatic rings. The Hall–Kier alpha value is -1.70. The van der Waals surface area contributed by atoms with E-state index in [1.54, 1.807) is 0 Å². The lowest BCUT2D eigenvalue weighted by atomic mass is 10.0. The molecule has 0 radical (unpaired) electrons. The van der Waals surface area contributed by atoms with Crippen LogP contribution in [0.2, 0.25) is 5.02 Å². The average molecular weight is 360 g/mol. The molecule has 1 N–H and O–H groups in total. The van der Waals surface area contributed by atoms with Gasteiger partial charge in [-0.05, 0) is 56.0 Å². The van der Waals surface area contributed by atoms with Gasteiger partial charge < -0.3 is 10.2 Å². The number of nitrogens with zero attached hydrogens (tertiary/aromatic N) is 2. The highest BCUT2D eigenvalue weighted by atomic mass is 35.5. The molecular weight excluding hydrogens is 334 g/mol. The number of rotatable bonds is 5. The first-order valence-corrected chi connectivity index (χ1v) is 9.51. The number of hydrogen-bond acceptors (Lipinski definition) is 3. The van der Waals surface area contributed by atoms with Gasteiger partial charge in [-0.1, -0.05) is 23.9 Å². The summed E-state index contributed by atoms with van der Waals surface area (Å²) in [6.45, 7) is 4.22. The summed E-state index contributed by atoms with van der Waals surface area (Å²) in [6, 6.07) is 7.91. The molecule has 3 rings (SSSR count). The van der Waals surface area contributed by atoms with Gasteiger partial charge in [0.1, 0.15) is 0 Å². The molecule has 2 fully saturated rings. The summed E-state index contributed by atoms with van der Waals surface area (Å²) in [6.07, 6.45) is 9.68. The quantitative estimate of drug-likeness (QED) is 0.821. The second-order valence-corrected chi connectivity index (χ2v) is 7.44. The molecule has 2 aliphatic heterocycles. The summed E-state index contributed by atoms with van der Waals surface area (Å²) in [4.78, 5) is 17.1. The van der Waals surface area contributed by atoms with Crippen molar-refractivity contribution in [1.82, 2.24) is 10.2 Å². The molecule has 25 heavy (non-hydrogen) atoms. The molecule has 1 aromatic carbocycles. The second-order valence-electron chi connectivity index (χ2n) is 7.01. The van der Waals surface area contributed by atoms with Crippen LogP contribution in [-0.2, 0) is 4.79 Å². The van der Waals surface area contributed by atoms with Crippen molar-refractivity contribution in [2.75, 3.05) is 37.6 Å². The lowest BCUT2D eigenvalue weighted by Gasteiger charge is -2.33. The third-order valence-corrected chi connectivity index (χ3v) is 5.51. The lowest BCUT2D eigenvalue weighted by Crippen LogP contribution is -2.50. The molecule has 0 bridgehead atoms. The topological polar surface area (TPSA) is 35.6 Å². The van der Waals surface area contributed by atoms with E-state index in [1.165, 1.54) is 5.69 Å². The van der Waals surface area contributed by atoms with Crippen molar-refractivity contribution in [1.29, 1.82) is 0 Å². The number of anilines is 1. The van der Waals surface area contributed by atoms with E-state index in [2.05, 4.69) is 33.2 Å². The zero-order chi connectivity index (χ0) is 17.6. The van der Waals surface area contributed by atoms with Crippen molar-refractivity contribution >= 4 is 23.2 Å². The largest absolute Gasteiger partial charge is 0.371 e. The smallest absolute Gasteiger partial charge is 0.237 e. The van der Waals surface area contributed by atoms with Crippen LogP contribution in [-0.4, -0.2) is 49.6 Å². The maximum Gasteiger partial charge on any atom is 0.237 e. The number of benzene rings is 1. The molecule has 2 saturated heterocycles. The number of carbonyl (C=O) groups is 1. The van der Waals surface area contributed by atoms with Crippen LogP contribution in [0.15, 0.2) is 24.3 Å². The van der Waals surface area contributed by atoms with Crippen LogP contribution in [0.1, 0.15) is 25.7 Å². The predicted molar refractivity (Wildman–Crippen MR) is 103 cm³/mol. The Labute approximate surface area is 155 Å². The fraction of sp³-hybridized carbons (Fsp3) is 0.550. The molecule has 5 heteroatoms. The Morgan fingerprint density at radius 3 is 2.80 bits per heavy atom. The predicted octanol–water partition coefficient (Wildman–Crippen LogP) is 2.77. The third kappa shape index (κ3) is 4.68. The van der Waals surface area contributed by atoms with Crippen LogP contribution in [0.25, 0.3) is 0 Å². The first kappa shape index (κ1) is 18.1. The molecular formula is C20H26ClN3O. The van der Waals surface area contributed by atoms with Gasteiger partial charge in [-0.2, -0.15) is 0 Å². The summed E-state index contributed by atoms with van der Waals surface area (Å²) in [5.74, 6) is 3.31. The van der Waals surface area contributed by atoms with Crippen LogP contribution in [0.4, 0.5) is 5.69 Å². The Balaban J connectivity index is 1.48. The molecule has 2 atom stereocenters. The van der Waals surface area contributed by atoms with Gasteiger partial charge in [0.15, 0.2) is 0 Å². The number of nitrogens with one attached hydrogen (secondary N) is 1. The van der Waals surface area contributed by atoms with Crippen molar-refractivity contribution in [3.05, 3.63) is 29.3 Å². The van der Waals surface area contributed by atoms with Crippen LogP contribution in [0.5, 0.6) is 0 Å². The number of terminal acetylenes is 1. The molecule has 1 amide bonds. The first-order chi connectivity index (χ1) is 12.2. The summed E-state index contributed by atoms with van der Waals surface area (Å²) in [7, 11) is 0. The normalized spacial score (nSPS) is 24.1. The summed E-state index contributed by atoms with van der Waals surface area (Å²) in [5.41, 5.74) is 1.20. The Morgan fingerprint density at radius 1 is 1.24 bits per heavy atom. The van der Waals surface area contributed by atoms with E-state index < -0.39 is 0 Å². The van der Waals surface area contributed by atoms with E-state index in [-0.39, 0.29) is 11.9 Å². The highest BCUT2D eigenvalue weighted by molar-refractivity contribution is 6.30. The average Bonchev–Trinajstić information content (AvgIpc) is 3.10. The minimum atomic E-state index is -0.0569. The van der Waals surface area contributed by atoms with Gasteiger partial charge in [0, 0.05) is 30.3 Å². The Bertz CT molecular complexity index is 625. The van der Waals surface area contributed by atoms with Crippen LogP contribution in [0.3, 0.4) is 0 Å². The molecule has 2 aliphatic rings. The molecule has 0 spiro atoms. The van der Waals surface area contributed by atoms with Gasteiger partial charge in [0.25, 0.3) is 0 Å². The highest BCUT2D eigenvalue weighted by Gasteiger charge is 2.29. The molecule has 4 nitrogen and oxygen atoms in total. The molecule has 0 saturated carbocycles. The van der Waals surface area contributed by atoms with Crippen LogP contribution < -0.4 is 10.2 Å². The number of amides is 1. The first-order valence-electron chi connectivity index (χ1n) is 9.13. The zero-order valence-electron chi connectivity index (χ0n) is 14.6. The zero-order valence-corrected chi connectivity index (χ0v) is 15.3. The Kier molecular flexibility index (Phi) is 6.23. The molecule has 0 unspecified atom stereocenters. The lowest BCUT2D eigenvalue weighted by molar-refractivity contribution is -0.127. The summed E-state index contributed by atoms with van der Waals surface area (Å²) < 4.78 is 0. The second kappa shape index (κ2) is 8.60. The number of hydrogen-bond donors (Lipinski definition) is 1.